The van der Waals surface area contributed by atoms with Crippen molar-refractivity contribution in [1.82, 2.24) is 0 Å². The Bertz CT molecular complexity index is 157. The summed E-state index contributed by atoms with van der Waals surface area (Å²) in [7, 11) is 0. The third-order valence-electron chi connectivity index (χ3n) is 2.51. The second kappa shape index (κ2) is 2.64. The van der Waals surface area contributed by atoms with E-state index in [2.05, 4.69) is 5.92 Å². The summed E-state index contributed by atoms with van der Waals surface area (Å²) < 4.78 is 0. The van der Waals surface area contributed by atoms with E-state index in [0.717, 1.165) is 19.3 Å². The van der Waals surface area contributed by atoms with Gasteiger partial charge in [-0.05, 0) is 25.2 Å². The van der Waals surface area contributed by atoms with E-state index in [1.54, 1.807) is 0 Å². The number of terminal acetylenes is 1. The van der Waals surface area contributed by atoms with Gasteiger partial charge in [0.25, 0.3) is 0 Å². The summed E-state index contributed by atoms with van der Waals surface area (Å²) in [4.78, 5) is 0. The summed E-state index contributed by atoms with van der Waals surface area (Å²) in [6.07, 6.45) is 9.37. The van der Waals surface area contributed by atoms with Crippen LogP contribution in [-0.4, -0.2) is 10.7 Å². The molecular weight excluding hydrogens is 124 g/mol. The number of hydrogen-bond acceptors (Lipinski definition) is 1. The van der Waals surface area contributed by atoms with Crippen LogP contribution in [0, 0.1) is 18.3 Å². The minimum atomic E-state index is -0.793. The van der Waals surface area contributed by atoms with E-state index in [9.17, 15) is 5.11 Å². The molecular formula is C9H14O. The van der Waals surface area contributed by atoms with E-state index >= 15 is 0 Å². The van der Waals surface area contributed by atoms with Crippen molar-refractivity contribution in [3.05, 3.63) is 0 Å². The van der Waals surface area contributed by atoms with E-state index in [1.807, 2.05) is 6.92 Å². The predicted octanol–water partition coefficient (Wildman–Crippen LogP) is 1.56. The second-order valence-electron chi connectivity index (χ2n) is 3.22. The number of aliphatic hydroxyl groups is 1. The van der Waals surface area contributed by atoms with Gasteiger partial charge in [-0.1, -0.05) is 19.3 Å². The number of hydrogen-bond donors (Lipinski definition) is 1. The first-order chi connectivity index (χ1) is 4.69. The average Bonchev–Trinajstić information content (AvgIpc) is 1.96. The molecule has 0 saturated heterocycles. The molecule has 0 bridgehead atoms. The minimum Gasteiger partial charge on any atom is -0.377 e. The average molecular weight is 138 g/mol. The topological polar surface area (TPSA) is 20.2 Å². The van der Waals surface area contributed by atoms with Crippen molar-refractivity contribution < 1.29 is 5.11 Å². The molecule has 2 atom stereocenters. The minimum absolute atomic E-state index is 0.284. The molecule has 56 valence electrons. The Morgan fingerprint density at radius 2 is 2.30 bits per heavy atom. The van der Waals surface area contributed by atoms with Crippen LogP contribution in [0.5, 0.6) is 0 Å². The molecule has 0 aromatic carbocycles. The Kier molecular flexibility index (Phi) is 2.01. The first kappa shape index (κ1) is 7.63. The van der Waals surface area contributed by atoms with Crippen LogP contribution >= 0.6 is 0 Å². The lowest BCUT2D eigenvalue weighted by atomic mass is 9.77. The molecule has 1 aliphatic rings. The molecule has 0 unspecified atom stereocenters. The summed E-state index contributed by atoms with van der Waals surface area (Å²) in [5.74, 6) is 2.77. The summed E-state index contributed by atoms with van der Waals surface area (Å²) in [6.45, 7) is 2.03. The highest BCUT2D eigenvalue weighted by atomic mass is 16.3. The van der Waals surface area contributed by atoms with Gasteiger partial charge in [-0.3, -0.25) is 0 Å². The van der Waals surface area contributed by atoms with E-state index in [-0.39, 0.29) is 5.92 Å². The van der Waals surface area contributed by atoms with E-state index < -0.39 is 5.60 Å². The Morgan fingerprint density at radius 1 is 1.60 bits per heavy atom. The van der Waals surface area contributed by atoms with E-state index in [0.29, 0.717) is 0 Å². The standard InChI is InChI=1S/C9H14O/c1-3-9(10)7-5-4-6-8(9)2/h1,8,10H,4-7H2,2H3/t8-,9-/m0/s1. The quantitative estimate of drug-likeness (QED) is 0.504. The summed E-state index contributed by atoms with van der Waals surface area (Å²) in [5.41, 5.74) is -0.793. The van der Waals surface area contributed by atoms with Gasteiger partial charge in [-0.25, -0.2) is 0 Å². The summed E-state index contributed by atoms with van der Waals surface area (Å²) in [6, 6.07) is 0. The maximum Gasteiger partial charge on any atom is 0.127 e. The smallest absolute Gasteiger partial charge is 0.127 e. The molecule has 1 N–H and O–H groups in total. The zero-order valence-electron chi connectivity index (χ0n) is 6.43. The van der Waals surface area contributed by atoms with Gasteiger partial charge >= 0.3 is 0 Å². The van der Waals surface area contributed by atoms with Crippen LogP contribution in [0.1, 0.15) is 32.6 Å². The molecule has 1 heteroatoms. The normalized spacial score (nSPS) is 40.7. The molecule has 0 aromatic heterocycles. The highest BCUT2D eigenvalue weighted by molar-refractivity contribution is 5.10. The largest absolute Gasteiger partial charge is 0.377 e. The Morgan fingerprint density at radius 3 is 2.70 bits per heavy atom. The van der Waals surface area contributed by atoms with Crippen molar-refractivity contribution >= 4 is 0 Å². The van der Waals surface area contributed by atoms with Crippen LogP contribution in [0.25, 0.3) is 0 Å². The van der Waals surface area contributed by atoms with Gasteiger partial charge in [-0.15, -0.1) is 6.42 Å². The zero-order chi connectivity index (χ0) is 7.61. The SMILES string of the molecule is C#C[C@]1(O)CCCC[C@@H]1C. The molecule has 0 radical (unpaired) electrons. The van der Waals surface area contributed by atoms with Gasteiger partial charge in [0.2, 0.25) is 0 Å². The van der Waals surface area contributed by atoms with Gasteiger partial charge < -0.3 is 5.11 Å². The predicted molar refractivity (Wildman–Crippen MR) is 41.4 cm³/mol. The van der Waals surface area contributed by atoms with E-state index in [4.69, 9.17) is 6.42 Å². The summed E-state index contributed by atoms with van der Waals surface area (Å²) in [5, 5.41) is 9.71. The van der Waals surface area contributed by atoms with Crippen molar-refractivity contribution in [2.24, 2.45) is 5.92 Å². The van der Waals surface area contributed by atoms with Gasteiger partial charge in [0.15, 0.2) is 0 Å². The fourth-order valence-corrected chi connectivity index (χ4v) is 1.54. The molecule has 1 fully saturated rings. The highest BCUT2D eigenvalue weighted by Gasteiger charge is 2.33. The molecule has 1 nitrogen and oxygen atoms in total. The van der Waals surface area contributed by atoms with Crippen molar-refractivity contribution in [3.8, 4) is 12.3 Å². The molecule has 1 saturated carbocycles. The molecule has 1 rings (SSSR count). The number of rotatable bonds is 0. The molecule has 0 amide bonds. The van der Waals surface area contributed by atoms with Gasteiger partial charge in [0.05, 0.1) is 0 Å². The zero-order valence-corrected chi connectivity index (χ0v) is 6.43. The van der Waals surface area contributed by atoms with Crippen LogP contribution in [0.15, 0.2) is 0 Å². The lowest BCUT2D eigenvalue weighted by Crippen LogP contribution is -2.37. The van der Waals surface area contributed by atoms with Crippen LogP contribution in [-0.2, 0) is 0 Å². The first-order valence-corrected chi connectivity index (χ1v) is 3.89. The fraction of sp³-hybridized carbons (Fsp3) is 0.778. The van der Waals surface area contributed by atoms with Gasteiger partial charge in [0.1, 0.15) is 5.60 Å². The molecule has 1 aliphatic carbocycles. The van der Waals surface area contributed by atoms with Crippen molar-refractivity contribution in [2.45, 2.75) is 38.2 Å². The second-order valence-corrected chi connectivity index (χ2v) is 3.22. The van der Waals surface area contributed by atoms with Crippen LogP contribution in [0.3, 0.4) is 0 Å². The molecule has 0 heterocycles. The van der Waals surface area contributed by atoms with Crippen LogP contribution < -0.4 is 0 Å². The Balaban J connectivity index is 2.65. The molecule has 0 spiro atoms. The first-order valence-electron chi connectivity index (χ1n) is 3.89. The fourth-order valence-electron chi connectivity index (χ4n) is 1.54. The highest BCUT2D eigenvalue weighted by Crippen LogP contribution is 2.32. The third-order valence-corrected chi connectivity index (χ3v) is 2.51. The lowest BCUT2D eigenvalue weighted by Gasteiger charge is -2.33. The van der Waals surface area contributed by atoms with Gasteiger partial charge in [-0.2, -0.15) is 0 Å². The van der Waals surface area contributed by atoms with Crippen molar-refractivity contribution in [1.29, 1.82) is 0 Å². The monoisotopic (exact) mass is 138 g/mol. The van der Waals surface area contributed by atoms with E-state index in [1.165, 1.54) is 6.42 Å². The van der Waals surface area contributed by atoms with Gasteiger partial charge in [0, 0.05) is 0 Å². The summed E-state index contributed by atoms with van der Waals surface area (Å²) >= 11 is 0. The van der Waals surface area contributed by atoms with Crippen molar-refractivity contribution in [2.75, 3.05) is 0 Å². The molecule has 0 aliphatic heterocycles. The van der Waals surface area contributed by atoms with Crippen molar-refractivity contribution in [3.63, 3.8) is 0 Å². The Hall–Kier alpha value is -0.480. The Labute approximate surface area is 62.4 Å². The maximum absolute atomic E-state index is 9.71. The maximum atomic E-state index is 9.71. The van der Waals surface area contributed by atoms with Crippen LogP contribution in [0.4, 0.5) is 0 Å². The lowest BCUT2D eigenvalue weighted by molar-refractivity contribution is 0.0128. The third kappa shape index (κ3) is 1.17. The van der Waals surface area contributed by atoms with Crippen LogP contribution in [0.2, 0.25) is 0 Å². The molecule has 10 heavy (non-hydrogen) atoms. The molecule has 0 aromatic rings.